The summed E-state index contributed by atoms with van der Waals surface area (Å²) < 4.78 is 11.9. The highest BCUT2D eigenvalue weighted by Crippen LogP contribution is 2.32. The van der Waals surface area contributed by atoms with Crippen LogP contribution in [0.5, 0.6) is 5.75 Å². The number of carbonyl (C=O) groups excluding carboxylic acids is 1. The van der Waals surface area contributed by atoms with E-state index in [-0.39, 0.29) is 5.91 Å². The zero-order valence-electron chi connectivity index (χ0n) is 16.6. The van der Waals surface area contributed by atoms with E-state index in [9.17, 15) is 4.79 Å². The van der Waals surface area contributed by atoms with E-state index in [1.54, 1.807) is 12.0 Å². The summed E-state index contributed by atoms with van der Waals surface area (Å²) in [6.07, 6.45) is 0.332. The Bertz CT molecular complexity index is 909. The molecule has 0 aliphatic heterocycles. The van der Waals surface area contributed by atoms with Crippen LogP contribution in [0.1, 0.15) is 25.8 Å². The maximum Gasteiger partial charge on any atom is 0.231 e. The number of amides is 1. The minimum atomic E-state index is 0.0126. The van der Waals surface area contributed by atoms with Gasteiger partial charge in [0.05, 0.1) is 36.9 Å². The molecular weight excluding hydrogens is 372 g/mol. The molecule has 0 saturated carbocycles. The fourth-order valence-electron chi connectivity index (χ4n) is 2.78. The highest BCUT2D eigenvalue weighted by Gasteiger charge is 2.20. The average molecular weight is 399 g/mol. The standard InChI is InChI=1S/C22H26N2O3S/c1-16(2)15-27-12-11-21(25)24(14-17-7-5-4-6-8-17)22-23-19-10-9-18(26-3)13-20(19)28-22/h4-10,13,16H,11-12,14-15H2,1-3H3. The largest absolute Gasteiger partial charge is 0.497 e. The third-order valence-electron chi connectivity index (χ3n) is 4.21. The lowest BCUT2D eigenvalue weighted by Crippen LogP contribution is -2.31. The lowest BCUT2D eigenvalue weighted by molar-refractivity contribution is -0.119. The Morgan fingerprint density at radius 3 is 2.68 bits per heavy atom. The third-order valence-corrected chi connectivity index (χ3v) is 5.25. The summed E-state index contributed by atoms with van der Waals surface area (Å²) in [5.41, 5.74) is 1.93. The number of methoxy groups -OCH3 is 1. The summed E-state index contributed by atoms with van der Waals surface area (Å²) in [6.45, 7) is 5.76. The van der Waals surface area contributed by atoms with Gasteiger partial charge >= 0.3 is 0 Å². The minimum absolute atomic E-state index is 0.0126. The number of fused-ring (bicyclic) bond motifs is 1. The zero-order valence-corrected chi connectivity index (χ0v) is 17.4. The van der Waals surface area contributed by atoms with E-state index in [4.69, 9.17) is 9.47 Å². The molecule has 3 rings (SSSR count). The Labute approximate surface area is 169 Å². The van der Waals surface area contributed by atoms with E-state index in [0.29, 0.717) is 37.2 Å². The van der Waals surface area contributed by atoms with E-state index >= 15 is 0 Å². The molecule has 0 atom stereocenters. The third kappa shape index (κ3) is 5.30. The number of aromatic nitrogens is 1. The van der Waals surface area contributed by atoms with Crippen LogP contribution >= 0.6 is 11.3 Å². The van der Waals surface area contributed by atoms with Crippen LogP contribution in [0, 0.1) is 5.92 Å². The molecule has 0 aliphatic rings. The SMILES string of the molecule is COc1ccc2nc(N(Cc3ccccc3)C(=O)CCOCC(C)C)sc2c1. The van der Waals surface area contributed by atoms with Crippen molar-refractivity contribution in [2.24, 2.45) is 5.92 Å². The molecule has 0 N–H and O–H groups in total. The normalized spacial score (nSPS) is 11.1. The second kappa shape index (κ2) is 9.66. The van der Waals surface area contributed by atoms with Gasteiger partial charge in [0, 0.05) is 6.61 Å². The first-order valence-corrected chi connectivity index (χ1v) is 10.2. The quantitative estimate of drug-likeness (QED) is 0.481. The fraction of sp³-hybridized carbons (Fsp3) is 0.364. The van der Waals surface area contributed by atoms with Crippen LogP contribution in [0.4, 0.5) is 5.13 Å². The maximum atomic E-state index is 13.0. The number of ether oxygens (including phenoxy) is 2. The molecule has 5 nitrogen and oxygen atoms in total. The lowest BCUT2D eigenvalue weighted by atomic mass is 10.2. The van der Waals surface area contributed by atoms with Crippen LogP contribution in [0.2, 0.25) is 0 Å². The molecule has 1 aromatic heterocycles. The van der Waals surface area contributed by atoms with Crippen molar-refractivity contribution >= 4 is 32.6 Å². The van der Waals surface area contributed by atoms with Crippen molar-refractivity contribution in [1.82, 2.24) is 4.98 Å². The number of thiazole rings is 1. The summed E-state index contributed by atoms with van der Waals surface area (Å²) >= 11 is 1.50. The molecule has 0 fully saturated rings. The van der Waals surface area contributed by atoms with Gasteiger partial charge in [-0.05, 0) is 29.7 Å². The molecule has 0 saturated heterocycles. The predicted octanol–water partition coefficient (Wildman–Crippen LogP) is 4.90. The molecule has 0 unspecified atom stereocenters. The van der Waals surface area contributed by atoms with E-state index < -0.39 is 0 Å². The summed E-state index contributed by atoms with van der Waals surface area (Å²) in [4.78, 5) is 19.4. The molecule has 0 aliphatic carbocycles. The summed E-state index contributed by atoms with van der Waals surface area (Å²) in [6, 6.07) is 15.7. The van der Waals surface area contributed by atoms with Gasteiger partial charge in [0.2, 0.25) is 5.91 Å². The molecular formula is C22H26N2O3S. The Hall–Kier alpha value is -2.44. The average Bonchev–Trinajstić information content (AvgIpc) is 3.12. The Morgan fingerprint density at radius 2 is 1.96 bits per heavy atom. The molecule has 3 aromatic rings. The topological polar surface area (TPSA) is 51.7 Å². The highest BCUT2D eigenvalue weighted by atomic mass is 32.1. The summed E-state index contributed by atoms with van der Waals surface area (Å²) in [5.74, 6) is 1.25. The van der Waals surface area contributed by atoms with Gasteiger partial charge in [-0.3, -0.25) is 9.69 Å². The first kappa shape index (κ1) is 20.3. The van der Waals surface area contributed by atoms with Crippen molar-refractivity contribution in [3.05, 3.63) is 54.1 Å². The Balaban J connectivity index is 1.82. The maximum absolute atomic E-state index is 13.0. The first-order valence-electron chi connectivity index (χ1n) is 9.43. The Kier molecular flexibility index (Phi) is 7.01. The number of hydrogen-bond donors (Lipinski definition) is 0. The van der Waals surface area contributed by atoms with Gasteiger partial charge < -0.3 is 9.47 Å². The number of nitrogens with zero attached hydrogens (tertiary/aromatic N) is 2. The fourth-order valence-corrected chi connectivity index (χ4v) is 3.79. The molecule has 0 spiro atoms. The van der Waals surface area contributed by atoms with Gasteiger partial charge in [0.25, 0.3) is 0 Å². The summed E-state index contributed by atoms with van der Waals surface area (Å²) in [7, 11) is 1.64. The van der Waals surface area contributed by atoms with Crippen LogP contribution in [0.3, 0.4) is 0 Å². The number of hydrogen-bond acceptors (Lipinski definition) is 5. The van der Waals surface area contributed by atoms with Gasteiger partial charge in [-0.25, -0.2) is 4.98 Å². The highest BCUT2D eigenvalue weighted by molar-refractivity contribution is 7.22. The monoisotopic (exact) mass is 398 g/mol. The number of benzene rings is 2. The summed E-state index contributed by atoms with van der Waals surface area (Å²) in [5, 5.41) is 0.695. The van der Waals surface area contributed by atoms with Crippen LogP contribution in [0.25, 0.3) is 10.2 Å². The lowest BCUT2D eigenvalue weighted by Gasteiger charge is -2.20. The van der Waals surface area contributed by atoms with Crippen LogP contribution in [0.15, 0.2) is 48.5 Å². The molecule has 0 radical (unpaired) electrons. The van der Waals surface area contributed by atoms with Crippen molar-refractivity contribution in [3.8, 4) is 5.75 Å². The van der Waals surface area contributed by atoms with Gasteiger partial charge in [-0.15, -0.1) is 0 Å². The van der Waals surface area contributed by atoms with Crippen molar-refractivity contribution in [1.29, 1.82) is 0 Å². The van der Waals surface area contributed by atoms with E-state index in [0.717, 1.165) is 21.5 Å². The van der Waals surface area contributed by atoms with E-state index in [1.165, 1.54) is 11.3 Å². The van der Waals surface area contributed by atoms with Gasteiger partial charge in [-0.2, -0.15) is 0 Å². The molecule has 1 heterocycles. The number of anilines is 1. The zero-order chi connectivity index (χ0) is 19.9. The van der Waals surface area contributed by atoms with Crippen LogP contribution in [-0.2, 0) is 16.1 Å². The van der Waals surface area contributed by atoms with Crippen molar-refractivity contribution in [3.63, 3.8) is 0 Å². The molecule has 1 amide bonds. The van der Waals surface area contributed by atoms with Gasteiger partial charge in [-0.1, -0.05) is 55.5 Å². The first-order chi connectivity index (χ1) is 13.6. The second-order valence-corrected chi connectivity index (χ2v) is 8.02. The Morgan fingerprint density at radius 1 is 1.18 bits per heavy atom. The van der Waals surface area contributed by atoms with Gasteiger partial charge in [0.1, 0.15) is 5.75 Å². The number of rotatable bonds is 9. The van der Waals surface area contributed by atoms with E-state index in [1.807, 2.05) is 48.5 Å². The molecule has 28 heavy (non-hydrogen) atoms. The predicted molar refractivity (Wildman–Crippen MR) is 114 cm³/mol. The van der Waals surface area contributed by atoms with Crippen molar-refractivity contribution in [2.45, 2.75) is 26.8 Å². The van der Waals surface area contributed by atoms with Crippen molar-refractivity contribution < 1.29 is 14.3 Å². The molecule has 6 heteroatoms. The molecule has 2 aromatic carbocycles. The molecule has 0 bridgehead atoms. The number of carbonyl (C=O) groups is 1. The van der Waals surface area contributed by atoms with Gasteiger partial charge in [0.15, 0.2) is 5.13 Å². The minimum Gasteiger partial charge on any atom is -0.497 e. The van der Waals surface area contributed by atoms with Crippen LogP contribution in [-0.4, -0.2) is 31.2 Å². The van der Waals surface area contributed by atoms with E-state index in [2.05, 4.69) is 18.8 Å². The van der Waals surface area contributed by atoms with Crippen LogP contribution < -0.4 is 9.64 Å². The smallest absolute Gasteiger partial charge is 0.231 e. The van der Waals surface area contributed by atoms with Crippen molar-refractivity contribution in [2.75, 3.05) is 25.2 Å². The second-order valence-electron chi connectivity index (χ2n) is 7.01. The molecule has 148 valence electrons.